The van der Waals surface area contributed by atoms with Crippen LogP contribution in [0.1, 0.15) is 94.9 Å². The van der Waals surface area contributed by atoms with E-state index in [0.717, 1.165) is 23.7 Å². The van der Waals surface area contributed by atoms with Crippen LogP contribution >= 0.6 is 11.3 Å². The molecule has 0 N–H and O–H groups in total. The topological polar surface area (TPSA) is 3.24 Å². The number of hydrogen-bond donors (Lipinski definition) is 0. The number of hydrogen-bond acceptors (Lipinski definition) is 2. The first-order valence-corrected chi connectivity index (χ1v) is 22.2. The van der Waals surface area contributed by atoms with Crippen molar-refractivity contribution in [1.82, 2.24) is 0 Å². The van der Waals surface area contributed by atoms with Crippen LogP contribution in [-0.4, -0.2) is 0 Å². The van der Waals surface area contributed by atoms with E-state index in [1.807, 2.05) is 11.3 Å². The second kappa shape index (κ2) is 11.7. The van der Waals surface area contributed by atoms with Gasteiger partial charge in [0.2, 0.25) is 0 Å². The quantitative estimate of drug-likeness (QED) is 0.173. The monoisotopic (exact) mass is 745 g/mol. The van der Waals surface area contributed by atoms with Crippen LogP contribution in [0.4, 0.5) is 17.1 Å². The van der Waals surface area contributed by atoms with E-state index < -0.39 is 0 Å². The van der Waals surface area contributed by atoms with Gasteiger partial charge in [-0.2, -0.15) is 0 Å². The molecule has 6 aliphatic carbocycles. The molecule has 0 amide bonds. The van der Waals surface area contributed by atoms with E-state index in [1.54, 1.807) is 11.1 Å². The molecule has 4 bridgehead atoms. The van der Waals surface area contributed by atoms with Gasteiger partial charge < -0.3 is 4.90 Å². The van der Waals surface area contributed by atoms with Crippen molar-refractivity contribution in [3.8, 4) is 22.3 Å². The van der Waals surface area contributed by atoms with E-state index in [4.69, 9.17) is 0 Å². The Balaban J connectivity index is 0.997. The largest absolute Gasteiger partial charge is 0.309 e. The van der Waals surface area contributed by atoms with Crippen molar-refractivity contribution in [3.05, 3.63) is 150 Å². The number of thiophene rings is 1. The lowest BCUT2D eigenvalue weighted by molar-refractivity contribution is -0.0399. The second-order valence-electron chi connectivity index (χ2n) is 19.6. The highest BCUT2D eigenvalue weighted by molar-refractivity contribution is 7.26. The molecule has 0 atom stereocenters. The van der Waals surface area contributed by atoms with Gasteiger partial charge in [-0.05, 0) is 166 Å². The predicted octanol–water partition coefficient (Wildman–Crippen LogP) is 15.3. The molecule has 7 aromatic rings. The Kier molecular flexibility index (Phi) is 6.99. The van der Waals surface area contributed by atoms with E-state index in [0.29, 0.717) is 0 Å². The van der Waals surface area contributed by atoms with Crippen LogP contribution in [0.3, 0.4) is 0 Å². The first kappa shape index (κ1) is 33.5. The lowest BCUT2D eigenvalue weighted by atomic mass is 9.43. The molecule has 4 fully saturated rings. The van der Waals surface area contributed by atoms with Gasteiger partial charge in [0.15, 0.2) is 0 Å². The molecule has 13 rings (SSSR count). The summed E-state index contributed by atoms with van der Waals surface area (Å²) < 4.78 is 2.68. The minimum Gasteiger partial charge on any atom is -0.309 e. The minimum atomic E-state index is 0.127. The maximum Gasteiger partial charge on any atom is 0.0640 e. The average molecular weight is 746 g/mol. The fraction of sp³-hybridized carbons (Fsp3) is 0.333. The summed E-state index contributed by atoms with van der Waals surface area (Å²) in [6.45, 7) is 9.74. The third-order valence-corrected chi connectivity index (χ3v) is 16.9. The molecule has 6 aliphatic rings. The average Bonchev–Trinajstić information content (AvgIpc) is 3.73. The fourth-order valence-corrected chi connectivity index (χ4v) is 14.4. The zero-order chi connectivity index (χ0) is 37.6. The summed E-state index contributed by atoms with van der Waals surface area (Å²) in [6, 6.07) is 49.7. The van der Waals surface area contributed by atoms with Crippen LogP contribution in [0.2, 0.25) is 0 Å². The van der Waals surface area contributed by atoms with Gasteiger partial charge in [0.1, 0.15) is 0 Å². The Morgan fingerprint density at radius 1 is 0.500 bits per heavy atom. The highest BCUT2D eigenvalue weighted by Gasteiger charge is 2.61. The Bertz CT molecular complexity index is 2700. The van der Waals surface area contributed by atoms with Gasteiger partial charge in [-0.3, -0.25) is 0 Å². The second-order valence-corrected chi connectivity index (χ2v) is 20.7. The summed E-state index contributed by atoms with van der Waals surface area (Å²) in [6.07, 6.45) is 9.57. The van der Waals surface area contributed by atoms with Gasteiger partial charge in [0.05, 0.1) is 10.4 Å². The van der Waals surface area contributed by atoms with Gasteiger partial charge >= 0.3 is 0 Å². The number of fused-ring (bicyclic) bond motifs is 7. The third kappa shape index (κ3) is 4.60. The normalized spacial score (nSPS) is 26.1. The Hall–Kier alpha value is -4.66. The summed E-state index contributed by atoms with van der Waals surface area (Å²) in [5, 5.41) is 2.68. The Morgan fingerprint density at radius 3 is 1.93 bits per heavy atom. The van der Waals surface area contributed by atoms with Crippen LogP contribution in [0, 0.1) is 23.7 Å². The third-order valence-electron chi connectivity index (χ3n) is 15.7. The van der Waals surface area contributed by atoms with Gasteiger partial charge in [-0.25, -0.2) is 0 Å². The van der Waals surface area contributed by atoms with Crippen molar-refractivity contribution in [2.45, 2.75) is 88.9 Å². The first-order valence-electron chi connectivity index (χ1n) is 21.4. The summed E-state index contributed by atoms with van der Waals surface area (Å²) in [7, 11) is 0. The lowest BCUT2D eigenvalue weighted by Crippen LogP contribution is -2.55. The molecule has 1 spiro atoms. The van der Waals surface area contributed by atoms with Crippen molar-refractivity contribution in [1.29, 1.82) is 0 Å². The fourth-order valence-electron chi connectivity index (χ4n) is 13.2. The van der Waals surface area contributed by atoms with Crippen LogP contribution in [0.25, 0.3) is 42.4 Å². The Morgan fingerprint density at radius 2 is 1.14 bits per heavy atom. The van der Waals surface area contributed by atoms with Gasteiger partial charge in [-0.1, -0.05) is 113 Å². The number of rotatable bonds is 4. The van der Waals surface area contributed by atoms with Crippen LogP contribution in [0.15, 0.2) is 127 Å². The minimum absolute atomic E-state index is 0.127. The molecule has 6 aromatic carbocycles. The summed E-state index contributed by atoms with van der Waals surface area (Å²) in [4.78, 5) is 2.54. The van der Waals surface area contributed by atoms with Crippen molar-refractivity contribution >= 4 is 48.6 Å². The maximum absolute atomic E-state index is 2.63. The smallest absolute Gasteiger partial charge is 0.0640 e. The van der Waals surface area contributed by atoms with Gasteiger partial charge in [0.25, 0.3) is 0 Å². The SMILES string of the molecule is CC1(C)CCC(C)(C)c2cc(N(c3ccc(-c4ccc5c(c4)C4(c6ccccc6-5)C5CC6CC(C5)CC4C6)cc3)c3cccc4c3sc3ccccc34)ccc21. The molecular weight excluding hydrogens is 695 g/mol. The van der Waals surface area contributed by atoms with Gasteiger partial charge in [0, 0.05) is 32.3 Å². The molecule has 56 heavy (non-hydrogen) atoms. The molecular formula is C54H51NS. The maximum atomic E-state index is 2.63. The summed E-state index contributed by atoms with van der Waals surface area (Å²) in [5.41, 5.74) is 16.1. The van der Waals surface area contributed by atoms with E-state index in [2.05, 4.69) is 160 Å². The standard InChI is InChI=1S/C54H51NS/c1-52(2)24-25-53(3,4)48-32-40(21-23-46(48)52)55(49-14-9-12-44-43-11-6-8-15-50(43)56-51(44)49)39-19-16-35(17-20-39)36-18-22-42-41-10-5-7-13-45(41)54(47(42)31-36)37-27-33-26-34(29-37)30-38(54)28-33/h5-23,31-34,37-38H,24-30H2,1-4H3. The Labute approximate surface area is 336 Å². The highest BCUT2D eigenvalue weighted by atomic mass is 32.1. The number of anilines is 3. The molecule has 2 heteroatoms. The van der Waals surface area contributed by atoms with Crippen LogP contribution < -0.4 is 4.90 Å². The molecule has 1 heterocycles. The van der Waals surface area contributed by atoms with Crippen molar-refractivity contribution in [3.63, 3.8) is 0 Å². The molecule has 1 nitrogen and oxygen atoms in total. The number of benzene rings is 6. The summed E-state index contributed by atoms with van der Waals surface area (Å²) in [5.74, 6) is 3.44. The first-order chi connectivity index (χ1) is 27.2. The molecule has 0 aliphatic heterocycles. The molecule has 0 radical (unpaired) electrons. The zero-order valence-corrected chi connectivity index (χ0v) is 34.1. The highest BCUT2D eigenvalue weighted by Crippen LogP contribution is 2.69. The van der Waals surface area contributed by atoms with E-state index in [1.165, 1.54) is 116 Å². The van der Waals surface area contributed by atoms with Crippen molar-refractivity contribution in [2.75, 3.05) is 4.90 Å². The van der Waals surface area contributed by atoms with Crippen LogP contribution in [-0.2, 0) is 16.2 Å². The van der Waals surface area contributed by atoms with Crippen LogP contribution in [0.5, 0.6) is 0 Å². The summed E-state index contributed by atoms with van der Waals surface area (Å²) >= 11 is 1.92. The molecule has 278 valence electrons. The van der Waals surface area contributed by atoms with Gasteiger partial charge in [-0.15, -0.1) is 11.3 Å². The molecule has 4 saturated carbocycles. The van der Waals surface area contributed by atoms with Crippen molar-refractivity contribution < 1.29 is 0 Å². The van der Waals surface area contributed by atoms with E-state index in [-0.39, 0.29) is 16.2 Å². The lowest BCUT2D eigenvalue weighted by Gasteiger charge is -2.61. The predicted molar refractivity (Wildman–Crippen MR) is 238 cm³/mol. The zero-order valence-electron chi connectivity index (χ0n) is 33.2. The molecule has 0 unspecified atom stereocenters. The van der Waals surface area contributed by atoms with E-state index >= 15 is 0 Å². The molecule has 1 aromatic heterocycles. The van der Waals surface area contributed by atoms with E-state index in [9.17, 15) is 0 Å². The van der Waals surface area contributed by atoms with Crippen molar-refractivity contribution in [2.24, 2.45) is 23.7 Å². The molecule has 0 saturated heterocycles. The number of nitrogens with zero attached hydrogens (tertiary/aromatic N) is 1.